The van der Waals surface area contributed by atoms with E-state index in [9.17, 15) is 9.90 Å². The highest BCUT2D eigenvalue weighted by Gasteiger charge is 2.32. The summed E-state index contributed by atoms with van der Waals surface area (Å²) in [6.45, 7) is 0. The fraction of sp³-hybridized carbons (Fsp3) is 0.381. The molecule has 0 heterocycles. The van der Waals surface area contributed by atoms with Crippen LogP contribution in [0.3, 0.4) is 0 Å². The maximum Gasteiger partial charge on any atom is 0.223 e. The molecule has 2 atom stereocenters. The molecule has 0 aromatic heterocycles. The van der Waals surface area contributed by atoms with E-state index in [0.29, 0.717) is 5.92 Å². The number of hydrogen-bond acceptors (Lipinski definition) is 3. The number of amides is 1. The predicted octanol–water partition coefficient (Wildman–Crippen LogP) is 3.26. The highest BCUT2D eigenvalue weighted by molar-refractivity contribution is 5.77. The minimum absolute atomic E-state index is 0.0886. The molecule has 0 saturated heterocycles. The first-order valence-corrected chi connectivity index (χ1v) is 8.81. The third-order valence-corrected chi connectivity index (χ3v) is 4.69. The van der Waals surface area contributed by atoms with Crippen LogP contribution in [0, 0.1) is 5.92 Å². The zero-order valence-corrected chi connectivity index (χ0v) is 14.5. The molecule has 0 aliphatic heterocycles. The zero-order valence-electron chi connectivity index (χ0n) is 14.5. The molecule has 1 aliphatic carbocycles. The van der Waals surface area contributed by atoms with Crippen LogP contribution < -0.4 is 10.1 Å². The third kappa shape index (κ3) is 5.07. The summed E-state index contributed by atoms with van der Waals surface area (Å²) in [5, 5.41) is 13.4. The molecule has 0 radical (unpaired) electrons. The first-order valence-electron chi connectivity index (χ1n) is 8.81. The standard InChI is InChI=1S/C21H25NO3/c1-25-18-9-5-6-15(12-18)13-19(16-10-11-16)22-21(24)14-20(23)17-7-3-2-4-8-17/h2-9,12,16,19-20,23H,10-11,13-14H2,1H3,(H,22,24). The Morgan fingerprint density at radius 3 is 2.64 bits per heavy atom. The maximum atomic E-state index is 12.4. The lowest BCUT2D eigenvalue weighted by atomic mass is 10.0. The molecule has 25 heavy (non-hydrogen) atoms. The van der Waals surface area contributed by atoms with Gasteiger partial charge in [0.1, 0.15) is 5.75 Å². The van der Waals surface area contributed by atoms with Crippen molar-refractivity contribution in [1.82, 2.24) is 5.32 Å². The molecule has 1 amide bonds. The predicted molar refractivity (Wildman–Crippen MR) is 97.4 cm³/mol. The van der Waals surface area contributed by atoms with E-state index in [1.165, 1.54) is 0 Å². The van der Waals surface area contributed by atoms with Gasteiger partial charge in [-0.1, -0.05) is 42.5 Å². The lowest BCUT2D eigenvalue weighted by molar-refractivity contribution is -0.123. The van der Waals surface area contributed by atoms with Crippen molar-refractivity contribution >= 4 is 5.91 Å². The molecule has 2 aromatic carbocycles. The Hall–Kier alpha value is -2.33. The summed E-state index contributed by atoms with van der Waals surface area (Å²) in [5.74, 6) is 1.26. The van der Waals surface area contributed by atoms with Gasteiger partial charge in [0.15, 0.2) is 0 Å². The number of carbonyl (C=O) groups is 1. The van der Waals surface area contributed by atoms with Crippen LogP contribution in [0.15, 0.2) is 54.6 Å². The summed E-state index contributed by atoms with van der Waals surface area (Å²) < 4.78 is 5.27. The number of nitrogens with one attached hydrogen (secondary N) is 1. The van der Waals surface area contributed by atoms with Gasteiger partial charge in [-0.3, -0.25) is 4.79 Å². The SMILES string of the molecule is COc1cccc(CC(NC(=O)CC(O)c2ccccc2)C2CC2)c1. The maximum absolute atomic E-state index is 12.4. The normalized spacial score (nSPS) is 16.1. The molecule has 1 saturated carbocycles. The van der Waals surface area contributed by atoms with Crippen molar-refractivity contribution in [3.8, 4) is 5.75 Å². The summed E-state index contributed by atoms with van der Waals surface area (Å²) in [6, 6.07) is 17.4. The van der Waals surface area contributed by atoms with Gasteiger partial charge < -0.3 is 15.2 Å². The van der Waals surface area contributed by atoms with Crippen molar-refractivity contribution in [2.75, 3.05) is 7.11 Å². The molecule has 1 fully saturated rings. The Labute approximate surface area is 148 Å². The number of methoxy groups -OCH3 is 1. The molecular formula is C21H25NO3. The summed E-state index contributed by atoms with van der Waals surface area (Å²) in [4.78, 5) is 12.4. The van der Waals surface area contributed by atoms with Gasteiger partial charge in [-0.25, -0.2) is 0 Å². The fourth-order valence-electron chi connectivity index (χ4n) is 3.12. The second-order valence-electron chi connectivity index (χ2n) is 6.70. The summed E-state index contributed by atoms with van der Waals surface area (Å²) in [5.41, 5.74) is 1.92. The van der Waals surface area contributed by atoms with Gasteiger partial charge in [-0.2, -0.15) is 0 Å². The van der Waals surface area contributed by atoms with Crippen LogP contribution in [0.5, 0.6) is 5.75 Å². The van der Waals surface area contributed by atoms with Gasteiger partial charge in [0.05, 0.1) is 19.6 Å². The van der Waals surface area contributed by atoms with E-state index in [4.69, 9.17) is 4.74 Å². The lowest BCUT2D eigenvalue weighted by Gasteiger charge is -2.20. The van der Waals surface area contributed by atoms with Crippen LogP contribution in [-0.2, 0) is 11.2 Å². The van der Waals surface area contributed by atoms with E-state index < -0.39 is 6.10 Å². The minimum atomic E-state index is -0.766. The summed E-state index contributed by atoms with van der Waals surface area (Å²) in [6.07, 6.45) is 2.41. The van der Waals surface area contributed by atoms with Crippen molar-refractivity contribution in [2.24, 2.45) is 5.92 Å². The van der Waals surface area contributed by atoms with Crippen molar-refractivity contribution in [3.05, 3.63) is 65.7 Å². The molecule has 1 aliphatic rings. The van der Waals surface area contributed by atoms with Gasteiger partial charge in [0.25, 0.3) is 0 Å². The second-order valence-corrected chi connectivity index (χ2v) is 6.70. The van der Waals surface area contributed by atoms with E-state index in [0.717, 1.165) is 36.1 Å². The number of rotatable bonds is 8. The van der Waals surface area contributed by atoms with E-state index >= 15 is 0 Å². The number of hydrogen-bond donors (Lipinski definition) is 2. The number of aliphatic hydroxyl groups excluding tert-OH is 1. The monoisotopic (exact) mass is 339 g/mol. The molecule has 3 rings (SSSR count). The quantitative estimate of drug-likeness (QED) is 0.776. The van der Waals surface area contributed by atoms with Crippen LogP contribution in [-0.4, -0.2) is 24.2 Å². The molecule has 2 N–H and O–H groups in total. The van der Waals surface area contributed by atoms with E-state index in [2.05, 4.69) is 11.4 Å². The summed E-state index contributed by atoms with van der Waals surface area (Å²) in [7, 11) is 1.66. The Morgan fingerprint density at radius 1 is 1.20 bits per heavy atom. The molecule has 2 aromatic rings. The van der Waals surface area contributed by atoms with Gasteiger partial charge >= 0.3 is 0 Å². The Morgan fingerprint density at radius 2 is 1.96 bits per heavy atom. The van der Waals surface area contributed by atoms with Crippen LogP contribution in [0.4, 0.5) is 0 Å². The Balaban J connectivity index is 1.59. The van der Waals surface area contributed by atoms with Crippen molar-refractivity contribution in [2.45, 2.75) is 37.8 Å². The van der Waals surface area contributed by atoms with Crippen LogP contribution in [0.1, 0.15) is 36.5 Å². The van der Waals surface area contributed by atoms with E-state index in [1.54, 1.807) is 7.11 Å². The molecule has 4 nitrogen and oxygen atoms in total. The third-order valence-electron chi connectivity index (χ3n) is 4.69. The zero-order chi connectivity index (χ0) is 17.6. The van der Waals surface area contributed by atoms with Crippen LogP contribution in [0.25, 0.3) is 0 Å². The minimum Gasteiger partial charge on any atom is -0.497 e. The Bertz CT molecular complexity index is 697. The van der Waals surface area contributed by atoms with Gasteiger partial charge in [0, 0.05) is 6.04 Å². The summed E-state index contributed by atoms with van der Waals surface area (Å²) >= 11 is 0. The molecule has 0 spiro atoms. The first-order chi connectivity index (χ1) is 12.2. The number of aliphatic hydroxyl groups is 1. The van der Waals surface area contributed by atoms with E-state index in [1.807, 2.05) is 48.5 Å². The first kappa shape index (κ1) is 17.5. The van der Waals surface area contributed by atoms with Crippen LogP contribution >= 0.6 is 0 Å². The molecular weight excluding hydrogens is 314 g/mol. The van der Waals surface area contributed by atoms with Gasteiger partial charge in [-0.05, 0) is 48.4 Å². The average molecular weight is 339 g/mol. The van der Waals surface area contributed by atoms with Crippen molar-refractivity contribution in [3.63, 3.8) is 0 Å². The largest absolute Gasteiger partial charge is 0.497 e. The molecule has 132 valence electrons. The lowest BCUT2D eigenvalue weighted by Crippen LogP contribution is -2.38. The smallest absolute Gasteiger partial charge is 0.223 e. The number of benzene rings is 2. The van der Waals surface area contributed by atoms with Crippen LogP contribution in [0.2, 0.25) is 0 Å². The number of ether oxygens (including phenoxy) is 1. The topological polar surface area (TPSA) is 58.6 Å². The molecule has 4 heteroatoms. The highest BCUT2D eigenvalue weighted by atomic mass is 16.5. The molecule has 0 bridgehead atoms. The Kier molecular flexibility index (Phi) is 5.71. The highest BCUT2D eigenvalue weighted by Crippen LogP contribution is 2.34. The fourth-order valence-corrected chi connectivity index (χ4v) is 3.12. The number of carbonyl (C=O) groups excluding carboxylic acids is 1. The molecule has 2 unspecified atom stereocenters. The average Bonchev–Trinajstić information content (AvgIpc) is 3.47. The van der Waals surface area contributed by atoms with Gasteiger partial charge in [-0.15, -0.1) is 0 Å². The van der Waals surface area contributed by atoms with Crippen molar-refractivity contribution < 1.29 is 14.6 Å². The van der Waals surface area contributed by atoms with Gasteiger partial charge in [0.2, 0.25) is 5.91 Å². The van der Waals surface area contributed by atoms with Crippen molar-refractivity contribution in [1.29, 1.82) is 0 Å². The van der Waals surface area contributed by atoms with E-state index in [-0.39, 0.29) is 18.4 Å². The second kappa shape index (κ2) is 8.17.